The van der Waals surface area contributed by atoms with Crippen LogP contribution in [0.1, 0.15) is 13.3 Å². The van der Waals surface area contributed by atoms with Crippen molar-refractivity contribution >= 4 is 11.6 Å². The number of amides is 1. The summed E-state index contributed by atoms with van der Waals surface area (Å²) >= 11 is 0. The van der Waals surface area contributed by atoms with Gasteiger partial charge in [0.1, 0.15) is 5.75 Å². The second kappa shape index (κ2) is 6.54. The van der Waals surface area contributed by atoms with Gasteiger partial charge < -0.3 is 20.5 Å². The Bertz CT molecular complexity index is 436. The summed E-state index contributed by atoms with van der Waals surface area (Å²) in [5.74, 6) is -0.258. The third kappa shape index (κ3) is 3.45. The summed E-state index contributed by atoms with van der Waals surface area (Å²) in [4.78, 5) is 12.2. The van der Waals surface area contributed by atoms with Crippen molar-refractivity contribution in [3.63, 3.8) is 0 Å². The topological polar surface area (TPSA) is 70.6 Å². The first-order chi connectivity index (χ1) is 9.22. The molecule has 1 aliphatic rings. The van der Waals surface area contributed by atoms with E-state index in [-0.39, 0.29) is 23.6 Å². The number of ether oxygens (including phenoxy) is 1. The molecular weight excluding hydrogens is 244 g/mol. The predicted molar refractivity (Wildman–Crippen MR) is 73.1 cm³/mol. The summed E-state index contributed by atoms with van der Waals surface area (Å²) in [7, 11) is 0. The highest BCUT2D eigenvalue weighted by molar-refractivity contribution is 5.94. The average Bonchev–Trinajstić information content (AvgIpc) is 2.87. The van der Waals surface area contributed by atoms with Gasteiger partial charge in [0.2, 0.25) is 5.91 Å². The smallest absolute Gasteiger partial charge is 0.231 e. The quantitative estimate of drug-likeness (QED) is 0.702. The van der Waals surface area contributed by atoms with Gasteiger partial charge in [-0.1, -0.05) is 19.1 Å². The van der Waals surface area contributed by atoms with Crippen LogP contribution in [0, 0.1) is 5.92 Å². The SMILES string of the molecule is CCCNC1COCC1C(=O)Nc1ccccc1O. The molecule has 0 bridgehead atoms. The van der Waals surface area contributed by atoms with E-state index in [4.69, 9.17) is 4.74 Å². The fraction of sp³-hybridized carbons (Fsp3) is 0.500. The lowest BCUT2D eigenvalue weighted by atomic mass is 10.0. The van der Waals surface area contributed by atoms with Gasteiger partial charge in [0.15, 0.2) is 0 Å². The van der Waals surface area contributed by atoms with Crippen LogP contribution in [-0.4, -0.2) is 36.8 Å². The van der Waals surface area contributed by atoms with Crippen LogP contribution in [0.5, 0.6) is 5.75 Å². The lowest BCUT2D eigenvalue weighted by molar-refractivity contribution is -0.120. The number of phenols is 1. The molecule has 2 atom stereocenters. The van der Waals surface area contributed by atoms with E-state index in [2.05, 4.69) is 17.6 Å². The van der Waals surface area contributed by atoms with E-state index < -0.39 is 0 Å². The molecule has 0 saturated carbocycles. The average molecular weight is 264 g/mol. The summed E-state index contributed by atoms with van der Waals surface area (Å²) in [5, 5.41) is 15.7. The summed E-state index contributed by atoms with van der Waals surface area (Å²) in [6.07, 6.45) is 1.02. The monoisotopic (exact) mass is 264 g/mol. The van der Waals surface area contributed by atoms with Gasteiger partial charge in [-0.3, -0.25) is 4.79 Å². The first kappa shape index (κ1) is 13.8. The molecule has 1 saturated heterocycles. The number of carbonyl (C=O) groups is 1. The van der Waals surface area contributed by atoms with Crippen LogP contribution in [0.15, 0.2) is 24.3 Å². The molecule has 3 N–H and O–H groups in total. The number of aromatic hydroxyl groups is 1. The number of benzene rings is 1. The van der Waals surface area contributed by atoms with Crippen molar-refractivity contribution in [1.29, 1.82) is 0 Å². The Morgan fingerprint density at radius 2 is 2.21 bits per heavy atom. The molecule has 5 nitrogen and oxygen atoms in total. The number of anilines is 1. The number of rotatable bonds is 5. The van der Waals surface area contributed by atoms with Crippen molar-refractivity contribution in [1.82, 2.24) is 5.32 Å². The molecule has 1 amide bonds. The maximum Gasteiger partial charge on any atom is 0.231 e. The van der Waals surface area contributed by atoms with Crippen molar-refractivity contribution in [2.45, 2.75) is 19.4 Å². The molecule has 2 rings (SSSR count). The normalized spacial score (nSPS) is 22.4. The maximum atomic E-state index is 12.2. The van der Waals surface area contributed by atoms with Gasteiger partial charge >= 0.3 is 0 Å². The van der Waals surface area contributed by atoms with Crippen LogP contribution in [0.4, 0.5) is 5.69 Å². The van der Waals surface area contributed by atoms with Crippen molar-refractivity contribution in [2.75, 3.05) is 25.1 Å². The van der Waals surface area contributed by atoms with Crippen LogP contribution in [-0.2, 0) is 9.53 Å². The van der Waals surface area contributed by atoms with E-state index in [1.807, 2.05) is 0 Å². The summed E-state index contributed by atoms with van der Waals surface area (Å²) < 4.78 is 5.37. The minimum atomic E-state index is -0.217. The number of phenolic OH excluding ortho intramolecular Hbond substituents is 1. The van der Waals surface area contributed by atoms with Gasteiger partial charge in [-0.25, -0.2) is 0 Å². The first-order valence-electron chi connectivity index (χ1n) is 6.62. The molecule has 5 heteroatoms. The van der Waals surface area contributed by atoms with Crippen LogP contribution >= 0.6 is 0 Å². The minimum absolute atomic E-state index is 0.0470. The fourth-order valence-corrected chi connectivity index (χ4v) is 2.15. The zero-order valence-electron chi connectivity index (χ0n) is 11.1. The minimum Gasteiger partial charge on any atom is -0.506 e. The lowest BCUT2D eigenvalue weighted by Crippen LogP contribution is -2.41. The van der Waals surface area contributed by atoms with Crippen LogP contribution in [0.2, 0.25) is 0 Å². The Balaban J connectivity index is 1.97. The van der Waals surface area contributed by atoms with Crippen molar-refractivity contribution in [3.8, 4) is 5.75 Å². The molecule has 104 valence electrons. The molecule has 2 unspecified atom stereocenters. The van der Waals surface area contributed by atoms with Crippen molar-refractivity contribution in [3.05, 3.63) is 24.3 Å². The van der Waals surface area contributed by atoms with Gasteiger partial charge in [0.25, 0.3) is 0 Å². The second-order valence-corrected chi connectivity index (χ2v) is 4.71. The second-order valence-electron chi connectivity index (χ2n) is 4.71. The number of nitrogens with one attached hydrogen (secondary N) is 2. The van der Waals surface area contributed by atoms with Crippen LogP contribution in [0.25, 0.3) is 0 Å². The van der Waals surface area contributed by atoms with E-state index in [1.165, 1.54) is 0 Å². The maximum absolute atomic E-state index is 12.2. The molecule has 0 spiro atoms. The number of hydrogen-bond donors (Lipinski definition) is 3. The molecule has 1 aromatic rings. The van der Waals surface area contributed by atoms with Crippen LogP contribution in [0.3, 0.4) is 0 Å². The van der Waals surface area contributed by atoms with E-state index in [1.54, 1.807) is 24.3 Å². The molecule has 19 heavy (non-hydrogen) atoms. The summed E-state index contributed by atoms with van der Waals surface area (Å²) in [6.45, 7) is 3.92. The number of carbonyl (C=O) groups excluding carboxylic acids is 1. The first-order valence-corrected chi connectivity index (χ1v) is 6.62. The van der Waals surface area contributed by atoms with E-state index >= 15 is 0 Å². The molecule has 0 aliphatic carbocycles. The van der Waals surface area contributed by atoms with Crippen molar-refractivity contribution in [2.24, 2.45) is 5.92 Å². The largest absolute Gasteiger partial charge is 0.506 e. The molecule has 0 aromatic heterocycles. The molecule has 1 aliphatic heterocycles. The lowest BCUT2D eigenvalue weighted by Gasteiger charge is -2.18. The van der Waals surface area contributed by atoms with Gasteiger partial charge in [-0.2, -0.15) is 0 Å². The third-order valence-electron chi connectivity index (χ3n) is 3.24. The molecule has 1 aromatic carbocycles. The summed E-state index contributed by atoms with van der Waals surface area (Å²) in [5.41, 5.74) is 0.439. The summed E-state index contributed by atoms with van der Waals surface area (Å²) in [6, 6.07) is 6.76. The van der Waals surface area contributed by atoms with Crippen LogP contribution < -0.4 is 10.6 Å². The number of hydrogen-bond acceptors (Lipinski definition) is 4. The Morgan fingerprint density at radius 3 is 2.95 bits per heavy atom. The van der Waals surface area contributed by atoms with Gasteiger partial charge in [-0.05, 0) is 25.1 Å². The molecule has 0 radical (unpaired) electrons. The highest BCUT2D eigenvalue weighted by atomic mass is 16.5. The number of para-hydroxylation sites is 2. The molecular formula is C14H20N2O3. The van der Waals surface area contributed by atoms with E-state index in [0.29, 0.717) is 18.9 Å². The van der Waals surface area contributed by atoms with E-state index in [9.17, 15) is 9.90 Å². The Kier molecular flexibility index (Phi) is 4.76. The van der Waals surface area contributed by atoms with Gasteiger partial charge in [-0.15, -0.1) is 0 Å². The zero-order valence-corrected chi connectivity index (χ0v) is 11.1. The Morgan fingerprint density at radius 1 is 1.42 bits per heavy atom. The predicted octanol–water partition coefficient (Wildman–Crippen LogP) is 1.35. The Hall–Kier alpha value is -1.59. The highest BCUT2D eigenvalue weighted by Gasteiger charge is 2.33. The van der Waals surface area contributed by atoms with Gasteiger partial charge in [0, 0.05) is 6.04 Å². The Labute approximate surface area is 113 Å². The standard InChI is InChI=1S/C14H20N2O3/c1-2-7-15-12-9-19-8-10(12)14(18)16-11-5-3-4-6-13(11)17/h3-6,10,12,15,17H,2,7-9H2,1H3,(H,16,18). The third-order valence-corrected chi connectivity index (χ3v) is 3.24. The van der Waals surface area contributed by atoms with E-state index in [0.717, 1.165) is 13.0 Å². The molecule has 1 heterocycles. The van der Waals surface area contributed by atoms with Gasteiger partial charge in [0.05, 0.1) is 24.8 Å². The fourth-order valence-electron chi connectivity index (χ4n) is 2.15. The van der Waals surface area contributed by atoms with Crippen molar-refractivity contribution < 1.29 is 14.6 Å². The highest BCUT2D eigenvalue weighted by Crippen LogP contribution is 2.23. The molecule has 1 fully saturated rings. The zero-order chi connectivity index (χ0) is 13.7.